The lowest BCUT2D eigenvalue weighted by atomic mass is 9.64. The molecular formula is C17H22ClNO3. The van der Waals surface area contributed by atoms with Gasteiger partial charge in [0.15, 0.2) is 0 Å². The minimum absolute atomic E-state index is 0.0293. The zero-order valence-corrected chi connectivity index (χ0v) is 13.8. The lowest BCUT2D eigenvalue weighted by Gasteiger charge is -2.40. The van der Waals surface area contributed by atoms with Crippen molar-refractivity contribution < 1.29 is 14.3 Å². The first-order valence-corrected chi connectivity index (χ1v) is 8.06. The van der Waals surface area contributed by atoms with Gasteiger partial charge in [-0.2, -0.15) is 0 Å². The van der Waals surface area contributed by atoms with E-state index in [4.69, 9.17) is 16.3 Å². The van der Waals surface area contributed by atoms with Crippen molar-refractivity contribution in [1.29, 1.82) is 0 Å². The molecule has 4 nitrogen and oxygen atoms in total. The quantitative estimate of drug-likeness (QED) is 0.818. The van der Waals surface area contributed by atoms with Crippen molar-refractivity contribution in [2.75, 3.05) is 6.54 Å². The van der Waals surface area contributed by atoms with E-state index in [1.54, 1.807) is 19.9 Å². The predicted molar refractivity (Wildman–Crippen MR) is 85.8 cm³/mol. The zero-order chi connectivity index (χ0) is 16.2. The van der Waals surface area contributed by atoms with Crippen LogP contribution in [0.4, 0.5) is 0 Å². The fourth-order valence-electron chi connectivity index (χ4n) is 2.73. The molecule has 0 spiro atoms. The summed E-state index contributed by atoms with van der Waals surface area (Å²) in [5.41, 5.74) is 0.459. The SMILES string of the molecule is CC(C)OC(=O)CCNC(=O)C1(c2cccc(Cl)c2)CCC1. The second kappa shape index (κ2) is 7.14. The second-order valence-corrected chi connectivity index (χ2v) is 6.43. The minimum Gasteiger partial charge on any atom is -0.463 e. The molecular weight excluding hydrogens is 302 g/mol. The molecule has 0 bridgehead atoms. The van der Waals surface area contributed by atoms with Crippen LogP contribution in [0.25, 0.3) is 0 Å². The number of benzene rings is 1. The Morgan fingerprint density at radius 1 is 1.36 bits per heavy atom. The van der Waals surface area contributed by atoms with E-state index in [0.717, 1.165) is 24.8 Å². The number of esters is 1. The van der Waals surface area contributed by atoms with Gasteiger partial charge in [0.1, 0.15) is 0 Å². The van der Waals surface area contributed by atoms with Crippen LogP contribution in [0.2, 0.25) is 5.02 Å². The van der Waals surface area contributed by atoms with Gasteiger partial charge < -0.3 is 10.1 Å². The molecule has 1 aromatic carbocycles. The molecule has 5 heteroatoms. The molecule has 0 unspecified atom stereocenters. The Morgan fingerprint density at radius 3 is 2.64 bits per heavy atom. The molecule has 0 aliphatic heterocycles. The van der Waals surface area contributed by atoms with E-state index >= 15 is 0 Å². The van der Waals surface area contributed by atoms with Gasteiger partial charge in [0, 0.05) is 11.6 Å². The van der Waals surface area contributed by atoms with Crippen molar-refractivity contribution in [3.8, 4) is 0 Å². The molecule has 1 saturated carbocycles. The van der Waals surface area contributed by atoms with Gasteiger partial charge in [-0.05, 0) is 44.4 Å². The summed E-state index contributed by atoms with van der Waals surface area (Å²) in [7, 11) is 0. The molecule has 0 atom stereocenters. The number of hydrogen-bond acceptors (Lipinski definition) is 3. The van der Waals surface area contributed by atoms with Crippen LogP contribution in [0.5, 0.6) is 0 Å². The van der Waals surface area contributed by atoms with Crippen LogP contribution in [0, 0.1) is 0 Å². The van der Waals surface area contributed by atoms with Gasteiger partial charge in [0.05, 0.1) is 17.9 Å². The van der Waals surface area contributed by atoms with Crippen LogP contribution >= 0.6 is 11.6 Å². The first kappa shape index (κ1) is 16.8. The Morgan fingerprint density at radius 2 is 2.09 bits per heavy atom. The van der Waals surface area contributed by atoms with Gasteiger partial charge in [0.2, 0.25) is 5.91 Å². The monoisotopic (exact) mass is 323 g/mol. The van der Waals surface area contributed by atoms with Crippen molar-refractivity contribution in [1.82, 2.24) is 5.32 Å². The van der Waals surface area contributed by atoms with Crippen LogP contribution in [0.3, 0.4) is 0 Å². The highest BCUT2D eigenvalue weighted by atomic mass is 35.5. The maximum Gasteiger partial charge on any atom is 0.307 e. The third kappa shape index (κ3) is 3.80. The van der Waals surface area contributed by atoms with E-state index in [9.17, 15) is 9.59 Å². The fraction of sp³-hybridized carbons (Fsp3) is 0.529. The molecule has 120 valence electrons. The number of ether oxygens (including phenoxy) is 1. The summed E-state index contributed by atoms with van der Waals surface area (Å²) < 4.78 is 5.05. The number of halogens is 1. The smallest absolute Gasteiger partial charge is 0.307 e. The first-order valence-electron chi connectivity index (χ1n) is 7.68. The minimum atomic E-state index is -0.493. The number of nitrogens with one attached hydrogen (secondary N) is 1. The lowest BCUT2D eigenvalue weighted by molar-refractivity contribution is -0.147. The van der Waals surface area contributed by atoms with Gasteiger partial charge in [0.25, 0.3) is 0 Å². The summed E-state index contributed by atoms with van der Waals surface area (Å²) in [5.74, 6) is -0.320. The highest BCUT2D eigenvalue weighted by molar-refractivity contribution is 6.30. The van der Waals surface area contributed by atoms with E-state index in [0.29, 0.717) is 11.6 Å². The molecule has 1 aromatic rings. The topological polar surface area (TPSA) is 55.4 Å². The number of amides is 1. The second-order valence-electron chi connectivity index (χ2n) is 5.99. The first-order chi connectivity index (χ1) is 10.4. The van der Waals surface area contributed by atoms with Crippen molar-refractivity contribution in [2.45, 2.75) is 51.0 Å². The third-order valence-corrected chi connectivity index (χ3v) is 4.24. The van der Waals surface area contributed by atoms with E-state index in [-0.39, 0.29) is 24.4 Å². The van der Waals surface area contributed by atoms with E-state index < -0.39 is 5.41 Å². The van der Waals surface area contributed by atoms with E-state index in [1.807, 2.05) is 18.2 Å². The highest BCUT2D eigenvalue weighted by Gasteiger charge is 2.45. The number of hydrogen-bond donors (Lipinski definition) is 1. The van der Waals surface area contributed by atoms with Crippen LogP contribution < -0.4 is 5.32 Å². The Labute approximate surface area is 136 Å². The largest absolute Gasteiger partial charge is 0.463 e. The molecule has 0 saturated heterocycles. The van der Waals surface area contributed by atoms with Crippen molar-refractivity contribution in [3.05, 3.63) is 34.9 Å². The van der Waals surface area contributed by atoms with Crippen molar-refractivity contribution in [3.63, 3.8) is 0 Å². The number of rotatable bonds is 6. The third-order valence-electron chi connectivity index (χ3n) is 4.00. The predicted octanol–water partition coefficient (Wildman–Crippen LogP) is 3.22. The standard InChI is InChI=1S/C17H22ClNO3/c1-12(2)22-15(20)7-10-19-16(21)17(8-4-9-17)13-5-3-6-14(18)11-13/h3,5-6,11-12H,4,7-10H2,1-2H3,(H,19,21). The molecule has 2 rings (SSSR count). The normalized spacial score (nSPS) is 16.0. The van der Waals surface area contributed by atoms with E-state index in [2.05, 4.69) is 5.32 Å². The molecule has 0 aromatic heterocycles. The maximum absolute atomic E-state index is 12.6. The number of carbonyl (C=O) groups is 2. The molecule has 0 heterocycles. The van der Waals surface area contributed by atoms with Gasteiger partial charge in [-0.3, -0.25) is 9.59 Å². The average molecular weight is 324 g/mol. The van der Waals surface area contributed by atoms with Crippen LogP contribution in [0.15, 0.2) is 24.3 Å². The summed E-state index contributed by atoms with van der Waals surface area (Å²) in [6, 6.07) is 7.47. The van der Waals surface area contributed by atoms with E-state index in [1.165, 1.54) is 0 Å². The molecule has 1 aliphatic carbocycles. The van der Waals surface area contributed by atoms with Gasteiger partial charge in [-0.1, -0.05) is 30.2 Å². The summed E-state index contributed by atoms with van der Waals surface area (Å²) >= 11 is 6.04. The summed E-state index contributed by atoms with van der Waals surface area (Å²) in [5, 5.41) is 3.50. The lowest BCUT2D eigenvalue weighted by Crippen LogP contribution is -2.49. The molecule has 1 fully saturated rings. The molecule has 22 heavy (non-hydrogen) atoms. The van der Waals surface area contributed by atoms with Gasteiger partial charge in [-0.15, -0.1) is 0 Å². The molecule has 1 N–H and O–H groups in total. The van der Waals surface area contributed by atoms with Crippen LogP contribution in [0.1, 0.15) is 45.1 Å². The zero-order valence-electron chi connectivity index (χ0n) is 13.0. The Kier molecular flexibility index (Phi) is 5.46. The highest BCUT2D eigenvalue weighted by Crippen LogP contribution is 2.44. The Hall–Kier alpha value is -1.55. The molecule has 1 amide bonds. The van der Waals surface area contributed by atoms with Gasteiger partial charge >= 0.3 is 5.97 Å². The Balaban J connectivity index is 1.94. The Bertz CT molecular complexity index is 553. The average Bonchev–Trinajstić information content (AvgIpc) is 2.36. The summed E-state index contributed by atoms with van der Waals surface area (Å²) in [6.07, 6.45) is 2.71. The van der Waals surface area contributed by atoms with Crippen molar-refractivity contribution >= 4 is 23.5 Å². The maximum atomic E-state index is 12.6. The molecule has 0 radical (unpaired) electrons. The van der Waals surface area contributed by atoms with Crippen LogP contribution in [-0.4, -0.2) is 24.5 Å². The van der Waals surface area contributed by atoms with Crippen LogP contribution in [-0.2, 0) is 19.7 Å². The van der Waals surface area contributed by atoms with Gasteiger partial charge in [-0.25, -0.2) is 0 Å². The number of carbonyl (C=O) groups excluding carboxylic acids is 2. The summed E-state index contributed by atoms with van der Waals surface area (Å²) in [6.45, 7) is 3.91. The molecule has 1 aliphatic rings. The summed E-state index contributed by atoms with van der Waals surface area (Å²) in [4.78, 5) is 24.0. The van der Waals surface area contributed by atoms with Crippen molar-refractivity contribution in [2.24, 2.45) is 0 Å². The fourth-order valence-corrected chi connectivity index (χ4v) is 2.92.